The Morgan fingerprint density at radius 2 is 1.39 bits per heavy atom. The van der Waals surface area contributed by atoms with Crippen LogP contribution < -0.4 is 11.5 Å². The maximum absolute atomic E-state index is 14.9. The summed E-state index contributed by atoms with van der Waals surface area (Å²) in [5.41, 5.74) is 13.4. The molecule has 3 aliphatic heterocycles. The van der Waals surface area contributed by atoms with Crippen LogP contribution in [0.4, 0.5) is 4.39 Å². The molecule has 2 aromatic rings. The quantitative estimate of drug-likeness (QED) is 0.340. The van der Waals surface area contributed by atoms with Gasteiger partial charge in [0.15, 0.2) is 0 Å². The Labute approximate surface area is 300 Å². The molecule has 1 spiro atoms. The lowest BCUT2D eigenvalue weighted by Crippen LogP contribution is -2.55. The average molecular weight is 702 g/mol. The summed E-state index contributed by atoms with van der Waals surface area (Å²) in [7, 11) is 0. The summed E-state index contributed by atoms with van der Waals surface area (Å²) in [5, 5.41) is 8.54. The number of nitrogens with one attached hydrogen (secondary N) is 1. The summed E-state index contributed by atoms with van der Waals surface area (Å²) in [6.45, 7) is 4.94. The van der Waals surface area contributed by atoms with Gasteiger partial charge in [0.1, 0.15) is 5.82 Å². The molecule has 5 N–H and O–H groups in total. The maximum atomic E-state index is 14.9. The van der Waals surface area contributed by atoms with E-state index in [9.17, 15) is 23.6 Å². The van der Waals surface area contributed by atoms with E-state index in [1.54, 1.807) is 34.1 Å². The fraction of sp³-hybridized carbons (Fsp3) is 0.564. The predicted molar refractivity (Wildman–Crippen MR) is 193 cm³/mol. The highest BCUT2D eigenvalue weighted by atomic mass is 19.1. The molecule has 4 aliphatic rings. The van der Waals surface area contributed by atoms with Crippen molar-refractivity contribution in [3.8, 4) is 0 Å². The van der Waals surface area contributed by atoms with E-state index in [1.807, 2.05) is 4.90 Å². The number of primary amides is 1. The normalized spacial score (nSPS) is 20.6. The lowest BCUT2D eigenvalue weighted by Gasteiger charge is -2.47. The predicted octanol–water partition coefficient (Wildman–Crippen LogP) is 3.43. The SMILES string of the molecule is N=C(Cc1ccc(F)c(C(=O)N2CCN(C(=O)CN3CCC4(CC3)CCN(C(=O)[C@H](N)C3CCCCC3)CC4)CC2)c1)c1ccccc1C(N)=O. The van der Waals surface area contributed by atoms with E-state index in [4.69, 9.17) is 16.9 Å². The standard InChI is InChI=1S/C39H52FN7O4/c40-32-11-10-27(25-33(41)29-8-4-5-9-30(29)36(43)49)24-31(32)37(50)47-22-20-45(21-23-47)34(48)26-44-16-12-39(13-17-44)14-18-46(19-15-39)38(51)35(42)28-6-2-1-3-7-28/h4-5,8-11,24,28,35,41H,1-3,6-7,12-23,25-26,42H2,(H2,43,49)/t35-/m1/s1. The van der Waals surface area contributed by atoms with Gasteiger partial charge in [-0.2, -0.15) is 0 Å². The summed E-state index contributed by atoms with van der Waals surface area (Å²) < 4.78 is 14.9. The van der Waals surface area contributed by atoms with Gasteiger partial charge >= 0.3 is 0 Å². The molecule has 0 aromatic heterocycles. The first-order valence-electron chi connectivity index (χ1n) is 18.6. The van der Waals surface area contributed by atoms with E-state index >= 15 is 0 Å². The van der Waals surface area contributed by atoms with E-state index in [-0.39, 0.29) is 46.5 Å². The number of amides is 4. The molecule has 1 atom stereocenters. The molecular weight excluding hydrogens is 649 g/mol. The average Bonchev–Trinajstić information content (AvgIpc) is 3.16. The number of piperazine rings is 1. The molecule has 4 fully saturated rings. The molecule has 0 unspecified atom stereocenters. The van der Waals surface area contributed by atoms with Gasteiger partial charge in [0.2, 0.25) is 17.7 Å². The summed E-state index contributed by atoms with van der Waals surface area (Å²) in [4.78, 5) is 59.3. The van der Waals surface area contributed by atoms with Crippen molar-refractivity contribution in [2.24, 2.45) is 22.8 Å². The molecule has 2 aromatic carbocycles. The van der Waals surface area contributed by atoms with Gasteiger partial charge in [-0.15, -0.1) is 0 Å². The van der Waals surface area contributed by atoms with Crippen LogP contribution in [0.5, 0.6) is 0 Å². The lowest BCUT2D eigenvalue weighted by atomic mass is 9.71. The number of carbonyl (C=O) groups is 4. The minimum absolute atomic E-state index is 0.0399. The Hall–Kier alpha value is -4.16. The van der Waals surface area contributed by atoms with Gasteiger partial charge in [0, 0.05) is 62.5 Å². The third-order valence-corrected chi connectivity index (χ3v) is 11.9. The zero-order valence-electron chi connectivity index (χ0n) is 29.6. The van der Waals surface area contributed by atoms with Gasteiger partial charge in [-0.1, -0.05) is 43.5 Å². The van der Waals surface area contributed by atoms with Crippen LogP contribution >= 0.6 is 0 Å². The first-order chi connectivity index (χ1) is 24.5. The van der Waals surface area contributed by atoms with Gasteiger partial charge in [-0.05, 0) is 86.7 Å². The van der Waals surface area contributed by atoms with Gasteiger partial charge in [-0.3, -0.25) is 24.1 Å². The molecule has 4 amide bonds. The van der Waals surface area contributed by atoms with Gasteiger partial charge in [0.25, 0.3) is 5.91 Å². The van der Waals surface area contributed by atoms with Gasteiger partial charge in [0.05, 0.1) is 18.2 Å². The third kappa shape index (κ3) is 8.49. The molecule has 274 valence electrons. The summed E-state index contributed by atoms with van der Waals surface area (Å²) in [6, 6.07) is 10.5. The van der Waals surface area contributed by atoms with E-state index in [0.717, 1.165) is 64.7 Å². The van der Waals surface area contributed by atoms with Crippen LogP contribution in [0.2, 0.25) is 0 Å². The van der Waals surface area contributed by atoms with E-state index in [2.05, 4.69) is 4.90 Å². The topological polar surface area (TPSA) is 157 Å². The van der Waals surface area contributed by atoms with Crippen LogP contribution in [0.15, 0.2) is 42.5 Å². The van der Waals surface area contributed by atoms with Crippen LogP contribution in [0.25, 0.3) is 0 Å². The molecule has 11 nitrogen and oxygen atoms in total. The molecular formula is C39H52FN7O4. The number of halogens is 1. The molecule has 0 radical (unpaired) electrons. The van der Waals surface area contributed by atoms with Crippen molar-refractivity contribution >= 4 is 29.3 Å². The number of hydrogen-bond donors (Lipinski definition) is 3. The van der Waals surface area contributed by atoms with E-state index < -0.39 is 17.6 Å². The van der Waals surface area contributed by atoms with Crippen molar-refractivity contribution in [3.63, 3.8) is 0 Å². The number of hydrogen-bond acceptors (Lipinski definition) is 7. The molecule has 51 heavy (non-hydrogen) atoms. The number of nitrogens with zero attached hydrogens (tertiary/aromatic N) is 4. The molecule has 3 saturated heterocycles. The smallest absolute Gasteiger partial charge is 0.256 e. The van der Waals surface area contributed by atoms with Gasteiger partial charge < -0.3 is 31.6 Å². The van der Waals surface area contributed by atoms with Crippen molar-refractivity contribution in [2.75, 3.05) is 58.9 Å². The summed E-state index contributed by atoms with van der Waals surface area (Å²) in [5.74, 6) is -1.24. The van der Waals surface area contributed by atoms with Crippen molar-refractivity contribution in [3.05, 3.63) is 70.5 Å². The van der Waals surface area contributed by atoms with Crippen molar-refractivity contribution in [2.45, 2.75) is 70.3 Å². The first kappa shape index (κ1) is 36.6. The first-order valence-corrected chi connectivity index (χ1v) is 18.6. The third-order valence-electron chi connectivity index (χ3n) is 11.9. The highest BCUT2D eigenvalue weighted by Crippen LogP contribution is 2.41. The van der Waals surface area contributed by atoms with Crippen molar-refractivity contribution in [1.29, 1.82) is 5.41 Å². The Bertz CT molecular complexity index is 1620. The summed E-state index contributed by atoms with van der Waals surface area (Å²) in [6.07, 6.45) is 9.83. The fourth-order valence-corrected chi connectivity index (χ4v) is 8.52. The van der Waals surface area contributed by atoms with Gasteiger partial charge in [-0.25, -0.2) is 4.39 Å². The number of piperidine rings is 2. The molecule has 3 heterocycles. The monoisotopic (exact) mass is 701 g/mol. The Balaban J connectivity index is 0.944. The number of benzene rings is 2. The number of rotatable bonds is 9. The zero-order chi connectivity index (χ0) is 36.1. The van der Waals surface area contributed by atoms with Crippen LogP contribution in [0.1, 0.15) is 89.6 Å². The van der Waals surface area contributed by atoms with Crippen LogP contribution in [-0.2, 0) is 16.0 Å². The van der Waals surface area contributed by atoms with Crippen LogP contribution in [0, 0.1) is 22.6 Å². The molecule has 1 saturated carbocycles. The minimum Gasteiger partial charge on any atom is -0.366 e. The number of carbonyl (C=O) groups excluding carboxylic acids is 4. The fourth-order valence-electron chi connectivity index (χ4n) is 8.52. The Morgan fingerprint density at radius 1 is 0.784 bits per heavy atom. The molecule has 6 rings (SSSR count). The van der Waals surface area contributed by atoms with Crippen LogP contribution in [0.3, 0.4) is 0 Å². The second-order valence-corrected chi connectivity index (χ2v) is 15.1. The maximum Gasteiger partial charge on any atom is 0.256 e. The second kappa shape index (κ2) is 16.0. The second-order valence-electron chi connectivity index (χ2n) is 15.1. The minimum atomic E-state index is -0.644. The Morgan fingerprint density at radius 3 is 2.04 bits per heavy atom. The van der Waals surface area contributed by atoms with Crippen molar-refractivity contribution in [1.82, 2.24) is 19.6 Å². The largest absolute Gasteiger partial charge is 0.366 e. The highest BCUT2D eigenvalue weighted by Gasteiger charge is 2.40. The lowest BCUT2D eigenvalue weighted by molar-refractivity contribution is -0.138. The summed E-state index contributed by atoms with van der Waals surface area (Å²) >= 11 is 0. The molecule has 1 aliphatic carbocycles. The molecule has 0 bridgehead atoms. The number of nitrogens with two attached hydrogens (primary N) is 2. The van der Waals surface area contributed by atoms with E-state index in [0.29, 0.717) is 49.8 Å². The Kier molecular flexibility index (Phi) is 11.5. The van der Waals surface area contributed by atoms with Crippen LogP contribution in [-0.4, -0.2) is 114 Å². The van der Waals surface area contributed by atoms with E-state index in [1.165, 1.54) is 37.5 Å². The molecule has 12 heteroatoms. The zero-order valence-corrected chi connectivity index (χ0v) is 29.6. The van der Waals surface area contributed by atoms with Crippen molar-refractivity contribution < 1.29 is 23.6 Å². The highest BCUT2D eigenvalue weighted by molar-refractivity contribution is 6.09. The number of likely N-dealkylation sites (tertiary alicyclic amines) is 2.